The largest absolute Gasteiger partial charge is 0.507 e. The lowest BCUT2D eigenvalue weighted by Gasteiger charge is -2.22. The highest BCUT2D eigenvalue weighted by Gasteiger charge is 2.18. The number of halogens is 1. The van der Waals surface area contributed by atoms with Crippen LogP contribution in [0.15, 0.2) is 12.1 Å². The molecule has 0 aromatic heterocycles. The van der Waals surface area contributed by atoms with Crippen LogP contribution in [-0.2, 0) is 12.8 Å². The number of aromatic hydroxyl groups is 1. The van der Waals surface area contributed by atoms with Crippen LogP contribution in [0.3, 0.4) is 0 Å². The van der Waals surface area contributed by atoms with Gasteiger partial charge >= 0.3 is 0 Å². The highest BCUT2D eigenvalue weighted by atomic mass is 79.9. The van der Waals surface area contributed by atoms with E-state index >= 15 is 0 Å². The summed E-state index contributed by atoms with van der Waals surface area (Å²) in [6.45, 7) is 1.93. The zero-order valence-electron chi connectivity index (χ0n) is 8.29. The van der Waals surface area contributed by atoms with Crippen molar-refractivity contribution in [2.45, 2.75) is 32.2 Å². The van der Waals surface area contributed by atoms with Crippen molar-refractivity contribution in [3.8, 4) is 5.75 Å². The van der Waals surface area contributed by atoms with Gasteiger partial charge in [-0.15, -0.1) is 17.0 Å². The van der Waals surface area contributed by atoms with Gasteiger partial charge in [0.15, 0.2) is 0 Å². The van der Waals surface area contributed by atoms with Crippen LogP contribution in [0.2, 0.25) is 0 Å². The molecule has 1 aliphatic carbocycles. The normalized spacial score (nSPS) is 19.7. The topological polar surface area (TPSA) is 46.2 Å². The number of hydrogen-bond acceptors (Lipinski definition) is 2. The van der Waals surface area contributed by atoms with E-state index in [0.717, 1.165) is 30.4 Å². The molecule has 0 amide bonds. The molecule has 3 heteroatoms. The number of rotatable bonds is 0. The Balaban J connectivity index is 0.000000980. The summed E-state index contributed by atoms with van der Waals surface area (Å²) >= 11 is 0. The smallest absolute Gasteiger partial charge is 0.121 e. The molecule has 78 valence electrons. The third kappa shape index (κ3) is 1.93. The van der Waals surface area contributed by atoms with E-state index < -0.39 is 0 Å². The van der Waals surface area contributed by atoms with Gasteiger partial charge in [-0.1, -0.05) is 12.1 Å². The number of phenols is 1. The Morgan fingerprint density at radius 1 is 1.43 bits per heavy atom. The zero-order chi connectivity index (χ0) is 9.42. The number of hydrogen-bond donors (Lipinski definition) is 2. The van der Waals surface area contributed by atoms with Crippen LogP contribution in [0.4, 0.5) is 0 Å². The van der Waals surface area contributed by atoms with E-state index in [1.807, 2.05) is 13.0 Å². The number of phenolic OH excluding ortho intramolecular Hbond substituents is 1. The number of nitrogens with two attached hydrogens (primary N) is 1. The summed E-state index contributed by atoms with van der Waals surface area (Å²) in [6.07, 6.45) is 2.82. The summed E-state index contributed by atoms with van der Waals surface area (Å²) in [5.41, 5.74) is 9.16. The SMILES string of the molecule is Br.Cc1ccc2c(c1O)CCC(N)C2. The molecule has 1 aliphatic rings. The first-order chi connectivity index (χ1) is 6.18. The van der Waals surface area contributed by atoms with Crippen molar-refractivity contribution in [2.75, 3.05) is 0 Å². The summed E-state index contributed by atoms with van der Waals surface area (Å²) in [7, 11) is 0. The van der Waals surface area contributed by atoms with Gasteiger partial charge < -0.3 is 10.8 Å². The van der Waals surface area contributed by atoms with Crippen molar-refractivity contribution in [2.24, 2.45) is 5.73 Å². The Morgan fingerprint density at radius 3 is 2.86 bits per heavy atom. The molecular weight excluding hydrogens is 242 g/mol. The van der Waals surface area contributed by atoms with Crippen molar-refractivity contribution < 1.29 is 5.11 Å². The summed E-state index contributed by atoms with van der Waals surface area (Å²) < 4.78 is 0. The molecule has 1 aromatic rings. The molecule has 3 N–H and O–H groups in total. The highest BCUT2D eigenvalue weighted by Crippen LogP contribution is 2.30. The average Bonchev–Trinajstić information content (AvgIpc) is 2.12. The molecule has 1 unspecified atom stereocenters. The summed E-state index contributed by atoms with van der Waals surface area (Å²) in [5.74, 6) is 0.476. The molecule has 0 radical (unpaired) electrons. The van der Waals surface area contributed by atoms with Gasteiger partial charge in [-0.3, -0.25) is 0 Å². The van der Waals surface area contributed by atoms with Crippen LogP contribution in [0, 0.1) is 6.92 Å². The van der Waals surface area contributed by atoms with Crippen LogP contribution < -0.4 is 5.73 Å². The van der Waals surface area contributed by atoms with Gasteiger partial charge in [0, 0.05) is 6.04 Å². The summed E-state index contributed by atoms with van der Waals surface area (Å²) in [5, 5.41) is 9.79. The van der Waals surface area contributed by atoms with Gasteiger partial charge in [0.05, 0.1) is 0 Å². The Hall–Kier alpha value is -0.540. The molecule has 1 aromatic carbocycles. The predicted molar refractivity (Wildman–Crippen MR) is 63.2 cm³/mol. The van der Waals surface area contributed by atoms with Gasteiger partial charge in [-0.25, -0.2) is 0 Å². The molecule has 0 bridgehead atoms. The Kier molecular flexibility index (Phi) is 3.56. The first-order valence-electron chi connectivity index (χ1n) is 4.74. The minimum Gasteiger partial charge on any atom is -0.507 e. The minimum absolute atomic E-state index is 0. The molecule has 0 saturated carbocycles. The van der Waals surface area contributed by atoms with E-state index in [0.29, 0.717) is 5.75 Å². The van der Waals surface area contributed by atoms with Crippen LogP contribution in [0.1, 0.15) is 23.1 Å². The molecule has 0 heterocycles. The van der Waals surface area contributed by atoms with Crippen LogP contribution >= 0.6 is 17.0 Å². The van der Waals surface area contributed by atoms with E-state index in [9.17, 15) is 5.11 Å². The zero-order valence-corrected chi connectivity index (χ0v) is 10.00. The monoisotopic (exact) mass is 257 g/mol. The average molecular weight is 258 g/mol. The minimum atomic E-state index is 0. The van der Waals surface area contributed by atoms with E-state index in [1.54, 1.807) is 0 Å². The van der Waals surface area contributed by atoms with Crippen LogP contribution in [0.5, 0.6) is 5.75 Å². The van der Waals surface area contributed by atoms with E-state index in [2.05, 4.69) is 6.07 Å². The maximum atomic E-state index is 9.79. The second-order valence-corrected chi connectivity index (χ2v) is 3.87. The van der Waals surface area contributed by atoms with Crippen LogP contribution in [-0.4, -0.2) is 11.1 Å². The fourth-order valence-electron chi connectivity index (χ4n) is 1.98. The molecule has 14 heavy (non-hydrogen) atoms. The van der Waals surface area contributed by atoms with Gasteiger partial charge in [-0.2, -0.15) is 0 Å². The summed E-state index contributed by atoms with van der Waals surface area (Å²) in [6, 6.07) is 4.32. The predicted octanol–water partition coefficient (Wildman–Crippen LogP) is 2.09. The maximum Gasteiger partial charge on any atom is 0.121 e. The number of fused-ring (bicyclic) bond motifs is 1. The third-order valence-electron chi connectivity index (χ3n) is 2.83. The van der Waals surface area contributed by atoms with Gasteiger partial charge in [0.2, 0.25) is 0 Å². The fraction of sp³-hybridized carbons (Fsp3) is 0.455. The Labute approximate surface area is 94.9 Å². The van der Waals surface area contributed by atoms with Crippen LogP contribution in [0.25, 0.3) is 0 Å². The quantitative estimate of drug-likeness (QED) is 0.748. The molecule has 0 spiro atoms. The number of aryl methyl sites for hydroxylation is 1. The first-order valence-corrected chi connectivity index (χ1v) is 4.74. The molecule has 2 rings (SSSR count). The second kappa shape index (κ2) is 4.32. The molecule has 1 atom stereocenters. The molecular formula is C11H16BrNO. The lowest BCUT2D eigenvalue weighted by molar-refractivity contribution is 0.453. The molecule has 0 fully saturated rings. The second-order valence-electron chi connectivity index (χ2n) is 3.87. The Bertz CT molecular complexity index is 338. The third-order valence-corrected chi connectivity index (χ3v) is 2.83. The van der Waals surface area contributed by atoms with Crippen molar-refractivity contribution >= 4 is 17.0 Å². The molecule has 0 saturated heterocycles. The molecule has 2 nitrogen and oxygen atoms in total. The van der Waals surface area contributed by atoms with E-state index in [4.69, 9.17) is 5.73 Å². The van der Waals surface area contributed by atoms with Crippen molar-refractivity contribution in [3.63, 3.8) is 0 Å². The van der Waals surface area contributed by atoms with Crippen molar-refractivity contribution in [3.05, 3.63) is 28.8 Å². The van der Waals surface area contributed by atoms with Crippen molar-refractivity contribution in [1.29, 1.82) is 0 Å². The first kappa shape index (κ1) is 11.5. The lowest BCUT2D eigenvalue weighted by Crippen LogP contribution is -2.27. The molecule has 0 aliphatic heterocycles. The number of benzene rings is 1. The van der Waals surface area contributed by atoms with E-state index in [-0.39, 0.29) is 23.0 Å². The fourth-order valence-corrected chi connectivity index (χ4v) is 1.98. The standard InChI is InChI=1S/C11H15NO.BrH/c1-7-2-3-8-6-9(12)4-5-10(8)11(7)13;/h2-3,9,13H,4-6,12H2,1H3;1H. The maximum absolute atomic E-state index is 9.79. The van der Waals surface area contributed by atoms with Gasteiger partial charge in [0.25, 0.3) is 0 Å². The van der Waals surface area contributed by atoms with Crippen molar-refractivity contribution in [1.82, 2.24) is 0 Å². The lowest BCUT2D eigenvalue weighted by atomic mass is 9.87. The van der Waals surface area contributed by atoms with E-state index in [1.165, 1.54) is 5.56 Å². The Morgan fingerprint density at radius 2 is 2.14 bits per heavy atom. The highest BCUT2D eigenvalue weighted by molar-refractivity contribution is 8.93. The van der Waals surface area contributed by atoms with Gasteiger partial charge in [0.1, 0.15) is 5.75 Å². The van der Waals surface area contributed by atoms with Gasteiger partial charge in [-0.05, 0) is 42.9 Å². The summed E-state index contributed by atoms with van der Waals surface area (Å²) in [4.78, 5) is 0.